The first-order valence-electron chi connectivity index (χ1n) is 8.95. The van der Waals surface area contributed by atoms with Crippen LogP contribution in [0.2, 0.25) is 0 Å². The van der Waals surface area contributed by atoms with Crippen molar-refractivity contribution < 1.29 is 14.6 Å². The van der Waals surface area contributed by atoms with Crippen molar-refractivity contribution in [2.45, 2.75) is 46.3 Å². The Hall–Kier alpha value is -1.79. The lowest BCUT2D eigenvalue weighted by molar-refractivity contribution is 0.0942. The van der Waals surface area contributed by atoms with E-state index in [0.29, 0.717) is 6.54 Å². The van der Waals surface area contributed by atoms with Crippen LogP contribution in [0.1, 0.15) is 45.7 Å². The fraction of sp³-hybridized carbons (Fsp3) is 0.632. The number of aliphatic hydroxyl groups excluding tert-OH is 1. The molecule has 1 aromatic carbocycles. The van der Waals surface area contributed by atoms with Gasteiger partial charge in [0.1, 0.15) is 5.75 Å². The molecule has 0 bridgehead atoms. The van der Waals surface area contributed by atoms with Crippen LogP contribution >= 0.6 is 0 Å². The van der Waals surface area contributed by atoms with Gasteiger partial charge in [-0.2, -0.15) is 0 Å². The SMILES string of the molecule is CCC.CCN(CC(O)CNC(=O)NC)[C@@H](C)c1ccccc1OC. The van der Waals surface area contributed by atoms with Gasteiger partial charge in [-0.05, 0) is 19.5 Å². The number of amides is 2. The zero-order chi connectivity index (χ0) is 19.2. The van der Waals surface area contributed by atoms with E-state index in [4.69, 9.17) is 4.74 Å². The molecule has 2 amide bonds. The minimum Gasteiger partial charge on any atom is -0.496 e. The predicted octanol–water partition coefficient (Wildman–Crippen LogP) is 2.78. The molecule has 6 heteroatoms. The number of carbonyl (C=O) groups is 1. The fourth-order valence-corrected chi connectivity index (χ4v) is 2.40. The van der Waals surface area contributed by atoms with E-state index < -0.39 is 6.10 Å². The molecule has 0 fully saturated rings. The Morgan fingerprint density at radius 2 is 1.88 bits per heavy atom. The van der Waals surface area contributed by atoms with Crippen LogP contribution < -0.4 is 15.4 Å². The molecule has 0 aliphatic rings. The van der Waals surface area contributed by atoms with E-state index in [1.807, 2.05) is 31.2 Å². The minimum absolute atomic E-state index is 0.107. The second-order valence-corrected chi connectivity index (χ2v) is 5.83. The van der Waals surface area contributed by atoms with Crippen LogP contribution in [0.5, 0.6) is 5.75 Å². The molecule has 0 radical (unpaired) electrons. The third-order valence-electron chi connectivity index (χ3n) is 3.71. The second-order valence-electron chi connectivity index (χ2n) is 5.83. The number of ether oxygens (including phenoxy) is 1. The molecular formula is C19H35N3O3. The number of likely N-dealkylation sites (N-methyl/N-ethyl adjacent to an activating group) is 1. The van der Waals surface area contributed by atoms with Crippen LogP contribution in [0.4, 0.5) is 4.79 Å². The molecule has 0 aliphatic carbocycles. The van der Waals surface area contributed by atoms with Crippen LogP contribution in [0.25, 0.3) is 0 Å². The Morgan fingerprint density at radius 1 is 1.28 bits per heavy atom. The number of hydrogen-bond acceptors (Lipinski definition) is 4. The summed E-state index contributed by atoms with van der Waals surface area (Å²) in [5, 5.41) is 15.2. The average molecular weight is 354 g/mol. The number of para-hydroxylation sites is 1. The number of hydrogen-bond donors (Lipinski definition) is 3. The van der Waals surface area contributed by atoms with Gasteiger partial charge in [0.2, 0.25) is 0 Å². The highest BCUT2D eigenvalue weighted by Crippen LogP contribution is 2.28. The summed E-state index contributed by atoms with van der Waals surface area (Å²) in [5.41, 5.74) is 1.08. The lowest BCUT2D eigenvalue weighted by atomic mass is 10.1. The lowest BCUT2D eigenvalue weighted by Crippen LogP contribution is -2.43. The highest BCUT2D eigenvalue weighted by molar-refractivity contribution is 5.73. The van der Waals surface area contributed by atoms with Crippen LogP contribution in [-0.4, -0.2) is 55.9 Å². The van der Waals surface area contributed by atoms with E-state index in [1.54, 1.807) is 14.2 Å². The van der Waals surface area contributed by atoms with Crippen molar-refractivity contribution >= 4 is 6.03 Å². The third-order valence-corrected chi connectivity index (χ3v) is 3.71. The van der Waals surface area contributed by atoms with Gasteiger partial charge in [-0.3, -0.25) is 4.90 Å². The van der Waals surface area contributed by atoms with E-state index in [1.165, 1.54) is 6.42 Å². The summed E-state index contributed by atoms with van der Waals surface area (Å²) in [4.78, 5) is 13.3. The maximum Gasteiger partial charge on any atom is 0.314 e. The second kappa shape index (κ2) is 13.5. The summed E-state index contributed by atoms with van der Waals surface area (Å²) in [6.07, 6.45) is 0.620. The smallest absolute Gasteiger partial charge is 0.314 e. The van der Waals surface area contributed by atoms with Gasteiger partial charge in [-0.1, -0.05) is 45.4 Å². The van der Waals surface area contributed by atoms with Crippen molar-refractivity contribution in [2.75, 3.05) is 33.8 Å². The zero-order valence-electron chi connectivity index (χ0n) is 16.5. The van der Waals surface area contributed by atoms with Crippen molar-refractivity contribution in [1.82, 2.24) is 15.5 Å². The van der Waals surface area contributed by atoms with Gasteiger partial charge in [0, 0.05) is 31.7 Å². The van der Waals surface area contributed by atoms with Crippen LogP contribution in [0.15, 0.2) is 24.3 Å². The van der Waals surface area contributed by atoms with Crippen molar-refractivity contribution in [1.29, 1.82) is 0 Å². The molecule has 0 saturated carbocycles. The van der Waals surface area contributed by atoms with E-state index in [2.05, 4.69) is 36.3 Å². The summed E-state index contributed by atoms with van der Waals surface area (Å²) in [5.74, 6) is 0.839. The highest BCUT2D eigenvalue weighted by Gasteiger charge is 2.20. The zero-order valence-corrected chi connectivity index (χ0v) is 16.5. The summed E-state index contributed by atoms with van der Waals surface area (Å²) >= 11 is 0. The molecular weight excluding hydrogens is 318 g/mol. The molecule has 144 valence electrons. The number of methoxy groups -OCH3 is 1. The first-order chi connectivity index (χ1) is 11.9. The van der Waals surface area contributed by atoms with Gasteiger partial charge in [0.25, 0.3) is 0 Å². The number of rotatable bonds is 8. The highest BCUT2D eigenvalue weighted by atomic mass is 16.5. The summed E-state index contributed by atoms with van der Waals surface area (Å²) in [6, 6.07) is 7.69. The molecule has 1 unspecified atom stereocenters. The van der Waals surface area contributed by atoms with Gasteiger partial charge in [-0.15, -0.1) is 0 Å². The van der Waals surface area contributed by atoms with Gasteiger partial charge in [0.05, 0.1) is 13.2 Å². The van der Waals surface area contributed by atoms with Crippen molar-refractivity contribution in [2.24, 2.45) is 0 Å². The molecule has 2 atom stereocenters. The molecule has 1 rings (SSSR count). The molecule has 0 heterocycles. The molecule has 0 aliphatic heterocycles. The molecule has 6 nitrogen and oxygen atoms in total. The maximum absolute atomic E-state index is 11.1. The van der Waals surface area contributed by atoms with Crippen molar-refractivity contribution in [3.63, 3.8) is 0 Å². The molecule has 0 aromatic heterocycles. The normalized spacial score (nSPS) is 12.6. The average Bonchev–Trinajstić information content (AvgIpc) is 2.64. The molecule has 0 saturated heterocycles. The van der Waals surface area contributed by atoms with Gasteiger partial charge in [-0.25, -0.2) is 4.79 Å². The predicted molar refractivity (Wildman–Crippen MR) is 103 cm³/mol. The number of nitrogens with zero attached hydrogens (tertiary/aromatic N) is 1. The number of nitrogens with one attached hydrogen (secondary N) is 2. The lowest BCUT2D eigenvalue weighted by Gasteiger charge is -2.31. The Balaban J connectivity index is 0.00000178. The maximum atomic E-state index is 11.1. The van der Waals surface area contributed by atoms with Crippen LogP contribution in [-0.2, 0) is 0 Å². The summed E-state index contributed by atoms with van der Waals surface area (Å²) in [7, 11) is 3.20. The van der Waals surface area contributed by atoms with Crippen molar-refractivity contribution in [3.05, 3.63) is 29.8 Å². The Labute approximate surface area is 152 Å². The molecule has 3 N–H and O–H groups in total. The van der Waals surface area contributed by atoms with Crippen molar-refractivity contribution in [3.8, 4) is 5.75 Å². The topological polar surface area (TPSA) is 73.8 Å². The molecule has 0 spiro atoms. The molecule has 25 heavy (non-hydrogen) atoms. The van der Waals surface area contributed by atoms with Gasteiger partial charge >= 0.3 is 6.03 Å². The number of carbonyl (C=O) groups excluding carboxylic acids is 1. The minimum atomic E-state index is -0.630. The van der Waals surface area contributed by atoms with E-state index in [9.17, 15) is 9.90 Å². The van der Waals surface area contributed by atoms with E-state index in [0.717, 1.165) is 17.9 Å². The van der Waals surface area contributed by atoms with E-state index in [-0.39, 0.29) is 18.6 Å². The number of urea groups is 1. The number of benzene rings is 1. The van der Waals surface area contributed by atoms with E-state index >= 15 is 0 Å². The van der Waals surface area contributed by atoms with Gasteiger partial charge < -0.3 is 20.5 Å². The largest absolute Gasteiger partial charge is 0.496 e. The number of aliphatic hydroxyl groups is 1. The quantitative estimate of drug-likeness (QED) is 0.672. The third kappa shape index (κ3) is 8.74. The summed E-state index contributed by atoms with van der Waals surface area (Å²) in [6.45, 7) is 9.86. The Kier molecular flexibility index (Phi) is 12.5. The molecule has 1 aromatic rings. The van der Waals surface area contributed by atoms with Crippen LogP contribution in [0, 0.1) is 0 Å². The Morgan fingerprint density at radius 3 is 2.40 bits per heavy atom. The standard InChI is InChI=1S/C16H27N3O3.C3H8/c1-5-19(11-13(20)10-18-16(21)17-3)12(2)14-8-6-7-9-15(14)22-4;1-3-2/h6-9,12-13,20H,5,10-11H2,1-4H3,(H2,17,18,21);3H2,1-2H3/t12-,13?;/m0./s1. The monoisotopic (exact) mass is 353 g/mol. The van der Waals surface area contributed by atoms with Gasteiger partial charge in [0.15, 0.2) is 0 Å². The fourth-order valence-electron chi connectivity index (χ4n) is 2.40. The first kappa shape index (κ1) is 23.2. The summed E-state index contributed by atoms with van der Waals surface area (Å²) < 4.78 is 5.41. The Bertz CT molecular complexity index is 483. The first-order valence-corrected chi connectivity index (χ1v) is 8.95. The van der Waals surface area contributed by atoms with Crippen LogP contribution in [0.3, 0.4) is 0 Å².